The lowest BCUT2D eigenvalue weighted by atomic mass is 10.1. The number of rotatable bonds is 7. The number of hydrogen-bond donors (Lipinski definition) is 1. The van der Waals surface area contributed by atoms with Crippen molar-refractivity contribution in [3.8, 4) is 0 Å². The quantitative estimate of drug-likeness (QED) is 0.442. The van der Waals surface area contributed by atoms with E-state index in [4.69, 9.17) is 4.74 Å². The number of nitrogens with one attached hydrogen (secondary N) is 1. The van der Waals surface area contributed by atoms with Gasteiger partial charge in [-0.2, -0.15) is 13.2 Å². The lowest BCUT2D eigenvalue weighted by Crippen LogP contribution is -2.09. The summed E-state index contributed by atoms with van der Waals surface area (Å²) in [6.45, 7) is 5.11. The molecular formula is C19H19F3N2O3. The second kappa shape index (κ2) is 8.68. The van der Waals surface area contributed by atoms with Crippen molar-refractivity contribution >= 4 is 11.5 Å². The third-order valence-corrected chi connectivity index (χ3v) is 3.59. The van der Waals surface area contributed by atoms with Crippen LogP contribution in [0.5, 0.6) is 0 Å². The van der Waals surface area contributed by atoms with Gasteiger partial charge in [-0.3, -0.25) is 0 Å². The standard InChI is InChI=1S/C19H19F3N2O3/c1-12(9-13(2)18(25)26-3)16-17(19(20,21)22)24-15(23-16)11-27-10-14-7-5-4-6-8-14/h4-9H,1,10-11H2,2-3H3,(H,23,24)/b13-9+. The molecule has 0 aliphatic carbocycles. The van der Waals surface area contributed by atoms with Crippen molar-refractivity contribution in [3.05, 3.63) is 71.3 Å². The van der Waals surface area contributed by atoms with Gasteiger partial charge in [0.15, 0.2) is 0 Å². The number of ether oxygens (including phenoxy) is 2. The summed E-state index contributed by atoms with van der Waals surface area (Å²) in [5.74, 6) is -0.648. The largest absolute Gasteiger partial charge is 0.466 e. The number of aromatic nitrogens is 2. The fourth-order valence-electron chi connectivity index (χ4n) is 2.32. The van der Waals surface area contributed by atoms with Gasteiger partial charge in [-0.1, -0.05) is 36.9 Å². The van der Waals surface area contributed by atoms with Crippen LogP contribution in [-0.4, -0.2) is 23.0 Å². The molecule has 0 radical (unpaired) electrons. The summed E-state index contributed by atoms with van der Waals surface area (Å²) in [4.78, 5) is 17.6. The second-order valence-electron chi connectivity index (χ2n) is 5.73. The minimum absolute atomic E-state index is 0.0125. The normalized spacial score (nSPS) is 12.1. The van der Waals surface area contributed by atoms with E-state index in [9.17, 15) is 18.0 Å². The highest BCUT2D eigenvalue weighted by Gasteiger charge is 2.37. The molecule has 0 unspecified atom stereocenters. The highest BCUT2D eigenvalue weighted by Crippen LogP contribution is 2.33. The monoisotopic (exact) mass is 380 g/mol. The zero-order valence-electron chi connectivity index (χ0n) is 14.9. The third kappa shape index (κ3) is 5.55. The van der Waals surface area contributed by atoms with Crippen molar-refractivity contribution in [1.82, 2.24) is 9.97 Å². The van der Waals surface area contributed by atoms with E-state index >= 15 is 0 Å². The Balaban J connectivity index is 2.19. The average molecular weight is 380 g/mol. The Morgan fingerprint density at radius 1 is 1.26 bits per heavy atom. The van der Waals surface area contributed by atoms with Crippen molar-refractivity contribution < 1.29 is 27.4 Å². The number of allylic oxidation sites excluding steroid dienone is 2. The number of benzene rings is 1. The maximum absolute atomic E-state index is 13.3. The summed E-state index contributed by atoms with van der Waals surface area (Å²) in [6, 6.07) is 9.22. The number of methoxy groups -OCH3 is 1. The zero-order chi connectivity index (χ0) is 20.0. The van der Waals surface area contributed by atoms with Crippen molar-refractivity contribution in [2.24, 2.45) is 0 Å². The first kappa shape index (κ1) is 20.4. The molecule has 0 aliphatic heterocycles. The molecule has 0 atom stereocenters. The number of H-pyrrole nitrogens is 1. The topological polar surface area (TPSA) is 64.2 Å². The first-order valence-corrected chi connectivity index (χ1v) is 7.96. The Morgan fingerprint density at radius 3 is 2.52 bits per heavy atom. The van der Waals surface area contributed by atoms with Crippen LogP contribution < -0.4 is 0 Å². The lowest BCUT2D eigenvalue weighted by molar-refractivity contribution is -0.141. The van der Waals surface area contributed by atoms with E-state index in [1.807, 2.05) is 30.3 Å². The average Bonchev–Trinajstić information content (AvgIpc) is 3.06. The van der Waals surface area contributed by atoms with E-state index in [1.165, 1.54) is 20.1 Å². The van der Waals surface area contributed by atoms with E-state index in [-0.39, 0.29) is 35.9 Å². The van der Waals surface area contributed by atoms with Gasteiger partial charge in [-0.05, 0) is 24.1 Å². The first-order valence-electron chi connectivity index (χ1n) is 7.96. The Bertz CT molecular complexity index is 840. The van der Waals surface area contributed by atoms with Gasteiger partial charge in [0.25, 0.3) is 0 Å². The fraction of sp³-hybridized carbons (Fsp3) is 0.263. The number of hydrogen-bond acceptors (Lipinski definition) is 4. The van der Waals surface area contributed by atoms with Crippen molar-refractivity contribution in [3.63, 3.8) is 0 Å². The number of aromatic amines is 1. The van der Waals surface area contributed by atoms with E-state index < -0.39 is 17.8 Å². The van der Waals surface area contributed by atoms with E-state index in [0.29, 0.717) is 0 Å². The SMILES string of the molecule is C=C(/C=C(\C)C(=O)OC)c1nc(COCc2ccccc2)[nH]c1C(F)(F)F. The molecule has 0 aliphatic rings. The van der Waals surface area contributed by atoms with Gasteiger partial charge in [0.2, 0.25) is 0 Å². The Labute approximate surface area is 154 Å². The van der Waals surface area contributed by atoms with Crippen LogP contribution in [0.2, 0.25) is 0 Å². The van der Waals surface area contributed by atoms with Gasteiger partial charge in [0.1, 0.15) is 23.8 Å². The predicted octanol–water partition coefficient (Wildman–Crippen LogP) is 4.28. The van der Waals surface area contributed by atoms with E-state index in [1.54, 1.807) is 0 Å². The van der Waals surface area contributed by atoms with Crippen LogP contribution in [0, 0.1) is 0 Å². The number of halogens is 3. The molecule has 1 aromatic heterocycles. The van der Waals surface area contributed by atoms with Gasteiger partial charge < -0.3 is 14.5 Å². The number of esters is 1. The predicted molar refractivity (Wildman–Crippen MR) is 93.3 cm³/mol. The molecule has 2 rings (SSSR count). The number of carbonyl (C=O) groups is 1. The molecule has 1 heterocycles. The molecule has 0 bridgehead atoms. The molecule has 1 aromatic carbocycles. The van der Waals surface area contributed by atoms with Crippen LogP contribution in [-0.2, 0) is 33.7 Å². The molecular weight excluding hydrogens is 361 g/mol. The number of nitrogens with zero attached hydrogens (tertiary/aromatic N) is 1. The van der Waals surface area contributed by atoms with Gasteiger partial charge in [-0.15, -0.1) is 0 Å². The molecule has 1 N–H and O–H groups in total. The summed E-state index contributed by atoms with van der Waals surface area (Å²) in [5, 5.41) is 0. The Hall–Kier alpha value is -2.87. The zero-order valence-corrected chi connectivity index (χ0v) is 14.9. The molecule has 27 heavy (non-hydrogen) atoms. The molecule has 0 spiro atoms. The number of alkyl halides is 3. The van der Waals surface area contributed by atoms with Crippen molar-refractivity contribution in [2.45, 2.75) is 26.3 Å². The summed E-state index contributed by atoms with van der Waals surface area (Å²) in [5.41, 5.74) is -0.485. The Morgan fingerprint density at radius 2 is 1.93 bits per heavy atom. The molecule has 0 fully saturated rings. The summed E-state index contributed by atoms with van der Waals surface area (Å²) in [7, 11) is 1.18. The van der Waals surface area contributed by atoms with Gasteiger partial charge in [-0.25, -0.2) is 9.78 Å². The fourth-order valence-corrected chi connectivity index (χ4v) is 2.32. The lowest BCUT2D eigenvalue weighted by Gasteiger charge is -2.07. The molecule has 144 valence electrons. The first-order chi connectivity index (χ1) is 12.7. The van der Waals surface area contributed by atoms with Crippen LogP contribution >= 0.6 is 0 Å². The molecule has 0 saturated carbocycles. The van der Waals surface area contributed by atoms with Gasteiger partial charge in [0.05, 0.1) is 13.7 Å². The highest BCUT2D eigenvalue weighted by atomic mass is 19.4. The highest BCUT2D eigenvalue weighted by molar-refractivity contribution is 5.91. The van der Waals surface area contributed by atoms with Crippen LogP contribution in [0.3, 0.4) is 0 Å². The molecule has 5 nitrogen and oxygen atoms in total. The van der Waals surface area contributed by atoms with E-state index in [0.717, 1.165) is 5.56 Å². The molecule has 8 heteroatoms. The summed E-state index contributed by atoms with van der Waals surface area (Å²) < 4.78 is 49.9. The maximum atomic E-state index is 13.3. The number of carbonyl (C=O) groups excluding carboxylic acids is 1. The molecule has 2 aromatic rings. The smallest absolute Gasteiger partial charge is 0.433 e. The van der Waals surface area contributed by atoms with Crippen LogP contribution in [0.4, 0.5) is 13.2 Å². The molecule has 0 amide bonds. The van der Waals surface area contributed by atoms with Crippen LogP contribution in [0.25, 0.3) is 5.57 Å². The van der Waals surface area contributed by atoms with Crippen molar-refractivity contribution in [1.29, 1.82) is 0 Å². The van der Waals surface area contributed by atoms with Crippen LogP contribution in [0.1, 0.15) is 29.7 Å². The third-order valence-electron chi connectivity index (χ3n) is 3.59. The van der Waals surface area contributed by atoms with Gasteiger partial charge in [0, 0.05) is 5.57 Å². The van der Waals surface area contributed by atoms with Gasteiger partial charge >= 0.3 is 12.1 Å². The van der Waals surface area contributed by atoms with Crippen molar-refractivity contribution in [2.75, 3.05) is 7.11 Å². The molecule has 0 saturated heterocycles. The van der Waals surface area contributed by atoms with Crippen LogP contribution in [0.15, 0.2) is 48.6 Å². The summed E-state index contributed by atoms with van der Waals surface area (Å²) >= 11 is 0. The maximum Gasteiger partial charge on any atom is 0.433 e. The second-order valence-corrected chi connectivity index (χ2v) is 5.73. The number of imidazole rings is 1. The van der Waals surface area contributed by atoms with E-state index in [2.05, 4.69) is 21.3 Å². The minimum Gasteiger partial charge on any atom is -0.466 e. The minimum atomic E-state index is -4.66. The Kier molecular flexibility index (Phi) is 6.57. The summed E-state index contributed by atoms with van der Waals surface area (Å²) in [6.07, 6.45) is -3.46.